The summed E-state index contributed by atoms with van der Waals surface area (Å²) in [6.45, 7) is 2.48. The van der Waals surface area contributed by atoms with Crippen molar-refractivity contribution < 1.29 is 28.9 Å². The number of carbonyl (C=O) groups is 2. The van der Waals surface area contributed by atoms with Gasteiger partial charge in [0.05, 0.1) is 5.69 Å². The number of hydrogen-bond donors (Lipinski definition) is 2. The van der Waals surface area contributed by atoms with Crippen LogP contribution in [0.5, 0.6) is 0 Å². The smallest absolute Gasteiger partial charge is 0.305 e. The standard InChI is InChI=1S/C17H19N5O6/c1-3-13(24)27-14-11(6-26-9(2)23)28-17(7-18,15(14)25)12-5-4-10-16(19)20-8-21-22(10)12/h4-5,8,11,14-15,25H,3,6H2,1-2H3,(H2,19,20,21). The SMILES string of the molecule is CCC(=O)OC1C(COC(C)=O)OC(C#N)(c2ccc3c(N)ncnn23)C1O. The second-order valence-corrected chi connectivity index (χ2v) is 6.22. The number of esters is 2. The Labute approximate surface area is 159 Å². The highest BCUT2D eigenvalue weighted by Gasteiger charge is 2.59. The molecular weight excluding hydrogens is 370 g/mol. The van der Waals surface area contributed by atoms with Crippen LogP contribution in [0.25, 0.3) is 5.52 Å². The maximum absolute atomic E-state index is 11.8. The minimum absolute atomic E-state index is 0.0564. The highest BCUT2D eigenvalue weighted by atomic mass is 16.6. The Hall–Kier alpha value is -3.23. The number of fused-ring (bicyclic) bond motifs is 1. The molecule has 0 bridgehead atoms. The van der Waals surface area contributed by atoms with E-state index in [0.717, 1.165) is 0 Å². The Morgan fingerprint density at radius 1 is 1.50 bits per heavy atom. The number of aromatic nitrogens is 3. The molecule has 4 unspecified atom stereocenters. The summed E-state index contributed by atoms with van der Waals surface area (Å²) in [5, 5.41) is 24.9. The zero-order chi connectivity index (χ0) is 20.5. The van der Waals surface area contributed by atoms with Gasteiger partial charge in [-0.15, -0.1) is 0 Å². The van der Waals surface area contributed by atoms with Gasteiger partial charge in [0.1, 0.15) is 36.7 Å². The van der Waals surface area contributed by atoms with Gasteiger partial charge in [0, 0.05) is 13.3 Å². The van der Waals surface area contributed by atoms with Gasteiger partial charge in [-0.2, -0.15) is 10.4 Å². The van der Waals surface area contributed by atoms with Gasteiger partial charge in [0.25, 0.3) is 0 Å². The van der Waals surface area contributed by atoms with E-state index < -0.39 is 35.9 Å². The van der Waals surface area contributed by atoms with Crippen LogP contribution in [0.15, 0.2) is 18.5 Å². The van der Waals surface area contributed by atoms with Crippen molar-refractivity contribution in [2.45, 2.75) is 44.2 Å². The van der Waals surface area contributed by atoms with E-state index in [1.165, 1.54) is 23.8 Å². The van der Waals surface area contributed by atoms with Crippen molar-refractivity contribution in [3.8, 4) is 6.07 Å². The summed E-state index contributed by atoms with van der Waals surface area (Å²) in [6, 6.07) is 5.04. The van der Waals surface area contributed by atoms with Gasteiger partial charge >= 0.3 is 11.9 Å². The highest BCUT2D eigenvalue weighted by Crippen LogP contribution is 2.41. The molecule has 1 aliphatic heterocycles. The van der Waals surface area contributed by atoms with Gasteiger partial charge in [-0.1, -0.05) is 6.92 Å². The summed E-state index contributed by atoms with van der Waals surface area (Å²) in [5.74, 6) is -1.00. The van der Waals surface area contributed by atoms with E-state index in [1.807, 2.05) is 6.07 Å². The molecule has 0 spiro atoms. The third-order valence-corrected chi connectivity index (χ3v) is 4.47. The van der Waals surface area contributed by atoms with Gasteiger partial charge in [0.2, 0.25) is 5.60 Å². The maximum Gasteiger partial charge on any atom is 0.305 e. The summed E-state index contributed by atoms with van der Waals surface area (Å²) >= 11 is 0. The fourth-order valence-corrected chi connectivity index (χ4v) is 3.11. The largest absolute Gasteiger partial charge is 0.463 e. The molecule has 0 aliphatic carbocycles. The van der Waals surface area contributed by atoms with E-state index >= 15 is 0 Å². The number of carbonyl (C=O) groups excluding carboxylic acids is 2. The Morgan fingerprint density at radius 2 is 2.25 bits per heavy atom. The van der Waals surface area contributed by atoms with Crippen LogP contribution in [0, 0.1) is 11.3 Å². The topological polar surface area (TPSA) is 162 Å². The van der Waals surface area contributed by atoms with Gasteiger partial charge in [0.15, 0.2) is 11.9 Å². The lowest BCUT2D eigenvalue weighted by Gasteiger charge is -2.24. The summed E-state index contributed by atoms with van der Waals surface area (Å²) in [5.41, 5.74) is 4.47. The highest BCUT2D eigenvalue weighted by molar-refractivity contribution is 5.69. The summed E-state index contributed by atoms with van der Waals surface area (Å²) in [6.07, 6.45) is -2.60. The number of hydrogen-bond acceptors (Lipinski definition) is 10. The lowest BCUT2D eigenvalue weighted by Crippen LogP contribution is -2.43. The molecule has 2 aromatic rings. The van der Waals surface area contributed by atoms with Crippen LogP contribution in [0.1, 0.15) is 26.0 Å². The fraction of sp³-hybridized carbons (Fsp3) is 0.471. The molecule has 0 saturated carbocycles. The third-order valence-electron chi connectivity index (χ3n) is 4.47. The number of nitrogens with zero attached hydrogens (tertiary/aromatic N) is 4. The van der Waals surface area contributed by atoms with E-state index in [9.17, 15) is 20.0 Å². The molecule has 11 heteroatoms. The predicted molar refractivity (Wildman–Crippen MR) is 92.4 cm³/mol. The number of ether oxygens (including phenoxy) is 3. The van der Waals surface area contributed by atoms with Crippen molar-refractivity contribution in [1.82, 2.24) is 14.6 Å². The van der Waals surface area contributed by atoms with Crippen LogP contribution in [-0.2, 0) is 29.4 Å². The zero-order valence-corrected chi connectivity index (χ0v) is 15.2. The first-order chi connectivity index (χ1) is 13.3. The summed E-state index contributed by atoms with van der Waals surface area (Å²) in [4.78, 5) is 26.9. The molecule has 0 radical (unpaired) electrons. The number of aliphatic hydroxyl groups excluding tert-OH is 1. The number of rotatable bonds is 5. The van der Waals surface area contributed by atoms with Crippen LogP contribution in [0.4, 0.5) is 5.82 Å². The Morgan fingerprint density at radius 3 is 2.89 bits per heavy atom. The van der Waals surface area contributed by atoms with Crippen LogP contribution in [0.3, 0.4) is 0 Å². The Kier molecular flexibility index (Phi) is 5.17. The van der Waals surface area contributed by atoms with Crippen molar-refractivity contribution >= 4 is 23.3 Å². The number of nitrogen functional groups attached to an aromatic ring is 1. The average molecular weight is 389 g/mol. The van der Waals surface area contributed by atoms with Crippen molar-refractivity contribution in [2.75, 3.05) is 12.3 Å². The number of nitriles is 1. The number of anilines is 1. The average Bonchev–Trinajstić information content (AvgIpc) is 3.22. The minimum atomic E-state index is -1.93. The third kappa shape index (κ3) is 3.12. The molecule has 3 rings (SSSR count). The van der Waals surface area contributed by atoms with Crippen LogP contribution >= 0.6 is 0 Å². The van der Waals surface area contributed by atoms with Crippen LogP contribution < -0.4 is 5.73 Å². The summed E-state index contributed by atoms with van der Waals surface area (Å²) in [7, 11) is 0. The second kappa shape index (κ2) is 7.41. The quantitative estimate of drug-likeness (QED) is 0.648. The molecule has 11 nitrogen and oxygen atoms in total. The molecule has 3 N–H and O–H groups in total. The molecular formula is C17H19N5O6. The van der Waals surface area contributed by atoms with Crippen molar-refractivity contribution in [3.05, 3.63) is 24.2 Å². The minimum Gasteiger partial charge on any atom is -0.463 e. The monoisotopic (exact) mass is 389 g/mol. The zero-order valence-electron chi connectivity index (χ0n) is 15.2. The summed E-state index contributed by atoms with van der Waals surface area (Å²) < 4.78 is 17.4. The molecule has 1 fully saturated rings. The second-order valence-electron chi connectivity index (χ2n) is 6.22. The molecule has 148 valence electrons. The first-order valence-corrected chi connectivity index (χ1v) is 8.52. The molecule has 0 amide bonds. The molecule has 2 aromatic heterocycles. The van der Waals surface area contributed by atoms with Gasteiger partial charge < -0.3 is 25.1 Å². The fourth-order valence-electron chi connectivity index (χ4n) is 3.11. The lowest BCUT2D eigenvalue weighted by molar-refractivity contribution is -0.159. The lowest BCUT2D eigenvalue weighted by atomic mass is 9.92. The van der Waals surface area contributed by atoms with Crippen LogP contribution in [0.2, 0.25) is 0 Å². The molecule has 28 heavy (non-hydrogen) atoms. The Balaban J connectivity index is 2.06. The van der Waals surface area contributed by atoms with E-state index in [1.54, 1.807) is 13.0 Å². The maximum atomic E-state index is 11.8. The van der Waals surface area contributed by atoms with Crippen LogP contribution in [-0.4, -0.2) is 56.6 Å². The molecule has 1 saturated heterocycles. The normalized spacial score (nSPS) is 26.7. The van der Waals surface area contributed by atoms with Gasteiger partial charge in [-0.05, 0) is 12.1 Å². The van der Waals surface area contributed by atoms with Crippen molar-refractivity contribution in [2.24, 2.45) is 0 Å². The molecule has 3 heterocycles. The van der Waals surface area contributed by atoms with Gasteiger partial charge in [-0.3, -0.25) is 9.59 Å². The van der Waals surface area contributed by atoms with Gasteiger partial charge in [-0.25, -0.2) is 9.50 Å². The van der Waals surface area contributed by atoms with Crippen molar-refractivity contribution in [1.29, 1.82) is 5.26 Å². The van der Waals surface area contributed by atoms with E-state index in [0.29, 0.717) is 5.52 Å². The molecule has 0 aromatic carbocycles. The van der Waals surface area contributed by atoms with Crippen molar-refractivity contribution in [3.63, 3.8) is 0 Å². The number of aliphatic hydroxyl groups is 1. The molecule has 4 atom stereocenters. The Bertz CT molecular complexity index is 953. The molecule has 1 aliphatic rings. The predicted octanol–water partition coefficient (Wildman–Crippen LogP) is -0.325. The first-order valence-electron chi connectivity index (χ1n) is 8.52. The van der Waals surface area contributed by atoms with E-state index in [4.69, 9.17) is 19.9 Å². The van der Waals surface area contributed by atoms with E-state index in [2.05, 4.69) is 10.1 Å². The number of nitrogens with two attached hydrogens (primary N) is 1. The van der Waals surface area contributed by atoms with E-state index in [-0.39, 0.29) is 24.5 Å². The first kappa shape index (κ1) is 19.5.